The minimum atomic E-state index is -0.371. The third kappa shape index (κ3) is 3.70. The van der Waals surface area contributed by atoms with Crippen LogP contribution in [0.4, 0.5) is 0 Å². The average molecular weight is 339 g/mol. The summed E-state index contributed by atoms with van der Waals surface area (Å²) in [4.78, 5) is 12.1. The van der Waals surface area contributed by atoms with E-state index in [0.717, 1.165) is 11.1 Å². The fourth-order valence-electron chi connectivity index (χ4n) is 2.12. The van der Waals surface area contributed by atoms with Crippen molar-refractivity contribution < 1.29 is 4.79 Å². The predicted molar refractivity (Wildman–Crippen MR) is 95.3 cm³/mol. The molecule has 1 heterocycles. The number of carbonyl (C=O) groups excluding carboxylic acids is 1. The Morgan fingerprint density at radius 3 is 2.71 bits per heavy atom. The van der Waals surface area contributed by atoms with Crippen molar-refractivity contribution >= 4 is 23.7 Å². The number of halogens is 1. The predicted octanol–water partition coefficient (Wildman–Crippen LogP) is 3.80. The maximum Gasteiger partial charge on any atom is 0.289 e. The average Bonchev–Trinajstić information content (AvgIpc) is 3.07. The zero-order valence-corrected chi connectivity index (χ0v) is 13.7. The molecule has 0 fully saturated rings. The summed E-state index contributed by atoms with van der Waals surface area (Å²) in [5, 5.41) is 11.3. The fraction of sp³-hybridized carbons (Fsp3) is 0.0556. The van der Waals surface area contributed by atoms with E-state index in [1.54, 1.807) is 18.3 Å². The lowest BCUT2D eigenvalue weighted by molar-refractivity contribution is 0.0950. The van der Waals surface area contributed by atoms with Gasteiger partial charge in [-0.1, -0.05) is 59.6 Å². The van der Waals surface area contributed by atoms with Crippen LogP contribution in [-0.4, -0.2) is 22.3 Å². The van der Waals surface area contributed by atoms with Crippen LogP contribution < -0.4 is 5.43 Å². The van der Waals surface area contributed by atoms with E-state index < -0.39 is 0 Å². The number of H-pyrrole nitrogens is 1. The number of carbonyl (C=O) groups is 1. The largest absolute Gasteiger partial charge is 0.289 e. The van der Waals surface area contributed by atoms with Crippen molar-refractivity contribution in [3.63, 3.8) is 0 Å². The van der Waals surface area contributed by atoms with E-state index in [-0.39, 0.29) is 5.91 Å². The number of aromatic nitrogens is 2. The standard InChI is InChI=1S/C18H15ClN4O/c1-12-6-8-13(9-7-12)11-20-23-18(24)17-10-16(21-22-17)14-4-2-3-5-15(14)19/h2-11H,1H3,(H,21,22)(H,23,24)/b20-11-. The molecule has 6 heteroatoms. The lowest BCUT2D eigenvalue weighted by Crippen LogP contribution is -2.17. The topological polar surface area (TPSA) is 70.1 Å². The molecule has 0 aliphatic rings. The number of amides is 1. The summed E-state index contributed by atoms with van der Waals surface area (Å²) >= 11 is 6.13. The Labute approximate surface area is 144 Å². The lowest BCUT2D eigenvalue weighted by atomic mass is 10.1. The number of rotatable bonds is 4. The Morgan fingerprint density at radius 2 is 1.96 bits per heavy atom. The summed E-state index contributed by atoms with van der Waals surface area (Å²) in [5.41, 5.74) is 6.22. The van der Waals surface area contributed by atoms with Gasteiger partial charge in [0.2, 0.25) is 0 Å². The van der Waals surface area contributed by atoms with Crippen molar-refractivity contribution in [2.24, 2.45) is 5.10 Å². The Balaban J connectivity index is 1.68. The van der Waals surface area contributed by atoms with E-state index in [9.17, 15) is 4.79 Å². The number of aromatic amines is 1. The first-order chi connectivity index (χ1) is 11.6. The Bertz CT molecular complexity index is 884. The molecule has 1 amide bonds. The molecule has 0 radical (unpaired) electrons. The van der Waals surface area contributed by atoms with E-state index in [1.165, 1.54) is 5.56 Å². The van der Waals surface area contributed by atoms with Crippen LogP contribution in [0.2, 0.25) is 5.02 Å². The maximum atomic E-state index is 12.1. The van der Waals surface area contributed by atoms with Gasteiger partial charge in [0.25, 0.3) is 5.91 Å². The van der Waals surface area contributed by atoms with Gasteiger partial charge in [-0.05, 0) is 24.6 Å². The van der Waals surface area contributed by atoms with Crippen LogP contribution in [0.1, 0.15) is 21.6 Å². The molecule has 0 aliphatic carbocycles. The summed E-state index contributed by atoms with van der Waals surface area (Å²) in [7, 11) is 0. The maximum absolute atomic E-state index is 12.1. The van der Waals surface area contributed by atoms with Gasteiger partial charge in [0, 0.05) is 5.56 Å². The van der Waals surface area contributed by atoms with Crippen molar-refractivity contribution in [1.29, 1.82) is 0 Å². The molecule has 3 aromatic rings. The van der Waals surface area contributed by atoms with E-state index in [0.29, 0.717) is 16.4 Å². The number of nitrogens with zero attached hydrogens (tertiary/aromatic N) is 2. The van der Waals surface area contributed by atoms with Crippen molar-refractivity contribution in [2.75, 3.05) is 0 Å². The zero-order chi connectivity index (χ0) is 16.9. The van der Waals surface area contributed by atoms with Gasteiger partial charge in [-0.3, -0.25) is 9.89 Å². The number of nitrogens with one attached hydrogen (secondary N) is 2. The molecule has 2 aromatic carbocycles. The van der Waals surface area contributed by atoms with Gasteiger partial charge in [-0.15, -0.1) is 0 Å². The summed E-state index contributed by atoms with van der Waals surface area (Å²) in [5.74, 6) is -0.371. The fourth-order valence-corrected chi connectivity index (χ4v) is 2.36. The number of hydrazone groups is 1. The molecular formula is C18H15ClN4O. The Morgan fingerprint density at radius 1 is 1.21 bits per heavy atom. The molecule has 120 valence electrons. The second-order valence-corrected chi connectivity index (χ2v) is 5.66. The normalized spacial score (nSPS) is 10.9. The van der Waals surface area contributed by atoms with E-state index in [4.69, 9.17) is 11.6 Å². The molecule has 0 bridgehead atoms. The van der Waals surface area contributed by atoms with Crippen LogP contribution in [0, 0.1) is 6.92 Å². The van der Waals surface area contributed by atoms with Gasteiger partial charge in [-0.2, -0.15) is 10.2 Å². The Hall–Kier alpha value is -2.92. The van der Waals surface area contributed by atoms with Crippen molar-refractivity contribution in [1.82, 2.24) is 15.6 Å². The molecule has 0 atom stereocenters. The summed E-state index contributed by atoms with van der Waals surface area (Å²) < 4.78 is 0. The zero-order valence-electron chi connectivity index (χ0n) is 13.0. The highest BCUT2D eigenvalue weighted by Crippen LogP contribution is 2.26. The van der Waals surface area contributed by atoms with E-state index in [2.05, 4.69) is 20.7 Å². The third-order valence-electron chi connectivity index (χ3n) is 3.43. The summed E-state index contributed by atoms with van der Waals surface area (Å²) in [6.07, 6.45) is 1.59. The van der Waals surface area contributed by atoms with Gasteiger partial charge in [0.05, 0.1) is 16.9 Å². The lowest BCUT2D eigenvalue weighted by Gasteiger charge is -1.98. The van der Waals surface area contributed by atoms with Crippen LogP contribution >= 0.6 is 11.6 Å². The highest BCUT2D eigenvalue weighted by Gasteiger charge is 2.12. The van der Waals surface area contributed by atoms with Crippen LogP contribution in [-0.2, 0) is 0 Å². The molecule has 0 aliphatic heterocycles. The van der Waals surface area contributed by atoms with Crippen LogP contribution in [0.3, 0.4) is 0 Å². The smallest absolute Gasteiger partial charge is 0.272 e. The molecule has 0 unspecified atom stereocenters. The van der Waals surface area contributed by atoms with Crippen molar-refractivity contribution in [3.05, 3.63) is 76.4 Å². The monoisotopic (exact) mass is 338 g/mol. The van der Waals surface area contributed by atoms with Gasteiger partial charge in [0.15, 0.2) is 0 Å². The molecule has 0 saturated heterocycles. The molecule has 3 rings (SSSR count). The van der Waals surface area contributed by atoms with E-state index >= 15 is 0 Å². The van der Waals surface area contributed by atoms with E-state index in [1.807, 2.05) is 49.4 Å². The molecule has 0 spiro atoms. The quantitative estimate of drug-likeness (QED) is 0.561. The third-order valence-corrected chi connectivity index (χ3v) is 3.76. The second-order valence-electron chi connectivity index (χ2n) is 5.26. The minimum Gasteiger partial charge on any atom is -0.272 e. The molecule has 1 aromatic heterocycles. The number of hydrogen-bond donors (Lipinski definition) is 2. The SMILES string of the molecule is Cc1ccc(/C=N\NC(=O)c2cc(-c3ccccc3Cl)n[nH]2)cc1. The van der Waals surface area contributed by atoms with Crippen LogP contribution in [0.25, 0.3) is 11.3 Å². The molecule has 0 saturated carbocycles. The van der Waals surface area contributed by atoms with Gasteiger partial charge in [0.1, 0.15) is 5.69 Å². The van der Waals surface area contributed by atoms with Gasteiger partial charge < -0.3 is 0 Å². The Kier molecular flexibility index (Phi) is 4.72. The van der Waals surface area contributed by atoms with Crippen LogP contribution in [0.15, 0.2) is 59.7 Å². The van der Waals surface area contributed by atoms with Crippen molar-refractivity contribution in [2.45, 2.75) is 6.92 Å². The highest BCUT2D eigenvalue weighted by atomic mass is 35.5. The van der Waals surface area contributed by atoms with Gasteiger partial charge in [-0.25, -0.2) is 5.43 Å². The first-order valence-electron chi connectivity index (χ1n) is 7.34. The summed E-state index contributed by atoms with van der Waals surface area (Å²) in [6, 6.07) is 16.8. The number of benzene rings is 2. The van der Waals surface area contributed by atoms with Gasteiger partial charge >= 0.3 is 0 Å². The highest BCUT2D eigenvalue weighted by molar-refractivity contribution is 6.33. The second kappa shape index (κ2) is 7.10. The minimum absolute atomic E-state index is 0.311. The molecule has 24 heavy (non-hydrogen) atoms. The van der Waals surface area contributed by atoms with Crippen molar-refractivity contribution in [3.8, 4) is 11.3 Å². The molecular weight excluding hydrogens is 324 g/mol. The first kappa shape index (κ1) is 16.0. The number of aryl methyl sites for hydroxylation is 1. The first-order valence-corrected chi connectivity index (χ1v) is 7.71. The molecule has 5 nitrogen and oxygen atoms in total. The summed E-state index contributed by atoms with van der Waals surface area (Å²) in [6.45, 7) is 2.01. The van der Waals surface area contributed by atoms with Crippen LogP contribution in [0.5, 0.6) is 0 Å². The number of hydrogen-bond acceptors (Lipinski definition) is 3. The molecule has 2 N–H and O–H groups in total.